The SMILES string of the molecule is C#CCOC(=O)c1ccc(OCc2ccc(Cl)cc2Cl)c(Cl)c1. The molecule has 2 aromatic rings. The molecule has 0 aliphatic rings. The average Bonchev–Trinajstić information content (AvgIpc) is 2.52. The Morgan fingerprint density at radius 2 is 1.87 bits per heavy atom. The maximum Gasteiger partial charge on any atom is 0.339 e. The van der Waals surface area contributed by atoms with E-state index in [1.807, 2.05) is 0 Å². The van der Waals surface area contributed by atoms with Gasteiger partial charge in [0.2, 0.25) is 0 Å². The Bertz CT molecular complexity index is 766. The van der Waals surface area contributed by atoms with E-state index >= 15 is 0 Å². The summed E-state index contributed by atoms with van der Waals surface area (Å²) in [4.78, 5) is 11.7. The number of benzene rings is 2. The highest BCUT2D eigenvalue weighted by atomic mass is 35.5. The zero-order valence-corrected chi connectivity index (χ0v) is 14.1. The first-order valence-corrected chi connectivity index (χ1v) is 7.61. The lowest BCUT2D eigenvalue weighted by molar-refractivity contribution is 0.0556. The number of carbonyl (C=O) groups is 1. The molecule has 2 aromatic carbocycles. The van der Waals surface area contributed by atoms with E-state index in [2.05, 4.69) is 5.92 Å². The molecule has 0 aliphatic carbocycles. The molecule has 0 N–H and O–H groups in total. The molecule has 0 saturated carbocycles. The monoisotopic (exact) mass is 368 g/mol. The molecule has 2 rings (SSSR count). The van der Waals surface area contributed by atoms with Crippen LogP contribution in [-0.4, -0.2) is 12.6 Å². The molecule has 0 bridgehead atoms. The first kappa shape index (κ1) is 17.5. The number of hydrogen-bond acceptors (Lipinski definition) is 3. The molecule has 0 saturated heterocycles. The van der Waals surface area contributed by atoms with Crippen LogP contribution in [0.4, 0.5) is 0 Å². The Morgan fingerprint density at radius 1 is 1.09 bits per heavy atom. The molecule has 0 aliphatic heterocycles. The van der Waals surface area contributed by atoms with Crippen molar-refractivity contribution in [3.63, 3.8) is 0 Å². The van der Waals surface area contributed by atoms with Gasteiger partial charge in [0.05, 0.1) is 10.6 Å². The second-order valence-electron chi connectivity index (χ2n) is 4.45. The summed E-state index contributed by atoms with van der Waals surface area (Å²) in [7, 11) is 0. The predicted molar refractivity (Wildman–Crippen MR) is 91.4 cm³/mol. The number of ether oxygens (including phenoxy) is 2. The number of rotatable bonds is 5. The molecule has 0 radical (unpaired) electrons. The molecule has 118 valence electrons. The third-order valence-electron chi connectivity index (χ3n) is 2.85. The van der Waals surface area contributed by atoms with E-state index in [9.17, 15) is 4.79 Å². The van der Waals surface area contributed by atoms with E-state index in [0.29, 0.717) is 21.4 Å². The van der Waals surface area contributed by atoms with Gasteiger partial charge >= 0.3 is 5.97 Å². The maximum absolute atomic E-state index is 11.7. The lowest BCUT2D eigenvalue weighted by atomic mass is 10.2. The van der Waals surface area contributed by atoms with Crippen LogP contribution in [0.2, 0.25) is 15.1 Å². The van der Waals surface area contributed by atoms with Crippen LogP contribution in [-0.2, 0) is 11.3 Å². The third kappa shape index (κ3) is 4.80. The summed E-state index contributed by atoms with van der Waals surface area (Å²) >= 11 is 18.0. The molecule has 0 amide bonds. The number of terminal acetylenes is 1. The van der Waals surface area contributed by atoms with Crippen LogP contribution in [0.5, 0.6) is 5.75 Å². The number of halogens is 3. The first-order valence-electron chi connectivity index (χ1n) is 6.48. The first-order chi connectivity index (χ1) is 11.0. The topological polar surface area (TPSA) is 35.5 Å². The van der Waals surface area contributed by atoms with E-state index < -0.39 is 5.97 Å². The summed E-state index contributed by atoms with van der Waals surface area (Å²) in [5, 5.41) is 1.33. The smallest absolute Gasteiger partial charge is 0.339 e. The molecule has 0 heterocycles. The second-order valence-corrected chi connectivity index (χ2v) is 5.70. The van der Waals surface area contributed by atoms with Gasteiger partial charge in [-0.15, -0.1) is 6.42 Å². The zero-order chi connectivity index (χ0) is 16.8. The molecular formula is C17H11Cl3O3. The summed E-state index contributed by atoms with van der Waals surface area (Å²) < 4.78 is 10.4. The van der Waals surface area contributed by atoms with E-state index in [0.717, 1.165) is 5.56 Å². The Hall–Kier alpha value is -1.86. The minimum atomic E-state index is -0.544. The Balaban J connectivity index is 2.06. The summed E-state index contributed by atoms with van der Waals surface area (Å²) in [5.41, 5.74) is 1.06. The average molecular weight is 370 g/mol. The van der Waals surface area contributed by atoms with Gasteiger partial charge in [0.1, 0.15) is 12.4 Å². The fraction of sp³-hybridized carbons (Fsp3) is 0.118. The number of carbonyl (C=O) groups excluding carboxylic acids is 1. The quantitative estimate of drug-likeness (QED) is 0.548. The summed E-state index contributed by atoms with van der Waals surface area (Å²) in [6.45, 7) is 0.125. The van der Waals surface area contributed by atoms with Gasteiger partial charge in [0.15, 0.2) is 6.61 Å². The molecular weight excluding hydrogens is 359 g/mol. The van der Waals surface area contributed by atoms with Crippen molar-refractivity contribution >= 4 is 40.8 Å². The second kappa shape index (κ2) is 8.12. The minimum Gasteiger partial charge on any atom is -0.487 e. The van der Waals surface area contributed by atoms with Crippen LogP contribution < -0.4 is 4.74 Å². The molecule has 0 fully saturated rings. The minimum absolute atomic E-state index is 0.0935. The molecule has 0 aromatic heterocycles. The predicted octanol–water partition coefficient (Wildman–Crippen LogP) is 5.02. The number of hydrogen-bond donors (Lipinski definition) is 0. The molecule has 0 atom stereocenters. The van der Waals surface area contributed by atoms with Crippen molar-refractivity contribution in [1.82, 2.24) is 0 Å². The summed E-state index contributed by atoms with van der Waals surface area (Å²) in [6.07, 6.45) is 5.03. The van der Waals surface area contributed by atoms with Crippen LogP contribution >= 0.6 is 34.8 Å². The Labute approximate surface area is 149 Å². The fourth-order valence-corrected chi connectivity index (χ4v) is 2.43. The Kier molecular flexibility index (Phi) is 6.18. The van der Waals surface area contributed by atoms with E-state index in [1.165, 1.54) is 6.07 Å². The molecule has 0 spiro atoms. The van der Waals surface area contributed by atoms with Crippen LogP contribution in [0.1, 0.15) is 15.9 Å². The van der Waals surface area contributed by atoms with Crippen LogP contribution in [0.3, 0.4) is 0 Å². The van der Waals surface area contributed by atoms with Gasteiger partial charge in [0, 0.05) is 15.6 Å². The highest BCUT2D eigenvalue weighted by Gasteiger charge is 2.11. The van der Waals surface area contributed by atoms with E-state index in [1.54, 1.807) is 30.3 Å². The number of esters is 1. The fourth-order valence-electron chi connectivity index (χ4n) is 1.73. The third-order valence-corrected chi connectivity index (χ3v) is 3.73. The molecule has 6 heteroatoms. The zero-order valence-electron chi connectivity index (χ0n) is 11.8. The van der Waals surface area contributed by atoms with Crippen molar-refractivity contribution in [2.24, 2.45) is 0 Å². The molecule has 0 unspecified atom stereocenters. The Morgan fingerprint density at radius 3 is 2.52 bits per heavy atom. The lowest BCUT2D eigenvalue weighted by Crippen LogP contribution is -2.05. The standard InChI is InChI=1S/C17H11Cl3O3/c1-2-7-22-17(21)11-4-6-16(15(20)8-11)23-10-12-3-5-13(18)9-14(12)19/h1,3-6,8-9H,7,10H2. The van der Waals surface area contributed by atoms with Gasteiger partial charge in [-0.1, -0.05) is 46.8 Å². The van der Waals surface area contributed by atoms with Gasteiger partial charge in [-0.3, -0.25) is 0 Å². The molecule has 3 nitrogen and oxygen atoms in total. The van der Waals surface area contributed by atoms with Gasteiger partial charge < -0.3 is 9.47 Å². The van der Waals surface area contributed by atoms with Crippen LogP contribution in [0, 0.1) is 12.3 Å². The summed E-state index contributed by atoms with van der Waals surface area (Å²) in [5.74, 6) is 2.10. The maximum atomic E-state index is 11.7. The van der Waals surface area contributed by atoms with Gasteiger partial charge in [0.25, 0.3) is 0 Å². The van der Waals surface area contributed by atoms with Crippen LogP contribution in [0.15, 0.2) is 36.4 Å². The van der Waals surface area contributed by atoms with Gasteiger partial charge in [-0.05, 0) is 30.3 Å². The van der Waals surface area contributed by atoms with E-state index in [-0.39, 0.29) is 18.2 Å². The lowest BCUT2D eigenvalue weighted by Gasteiger charge is -2.10. The van der Waals surface area contributed by atoms with Crippen molar-refractivity contribution in [2.45, 2.75) is 6.61 Å². The van der Waals surface area contributed by atoms with Gasteiger partial charge in [-0.25, -0.2) is 4.79 Å². The van der Waals surface area contributed by atoms with Crippen molar-refractivity contribution in [2.75, 3.05) is 6.61 Å². The highest BCUT2D eigenvalue weighted by molar-refractivity contribution is 6.35. The van der Waals surface area contributed by atoms with E-state index in [4.69, 9.17) is 50.7 Å². The highest BCUT2D eigenvalue weighted by Crippen LogP contribution is 2.28. The van der Waals surface area contributed by atoms with Crippen molar-refractivity contribution in [1.29, 1.82) is 0 Å². The normalized spacial score (nSPS) is 10.0. The van der Waals surface area contributed by atoms with Crippen molar-refractivity contribution < 1.29 is 14.3 Å². The van der Waals surface area contributed by atoms with Crippen molar-refractivity contribution in [3.05, 3.63) is 62.6 Å². The van der Waals surface area contributed by atoms with Crippen molar-refractivity contribution in [3.8, 4) is 18.1 Å². The van der Waals surface area contributed by atoms with Crippen LogP contribution in [0.25, 0.3) is 0 Å². The largest absolute Gasteiger partial charge is 0.487 e. The van der Waals surface area contributed by atoms with Gasteiger partial charge in [-0.2, -0.15) is 0 Å². The summed E-state index contributed by atoms with van der Waals surface area (Å²) in [6, 6.07) is 9.71. The molecule has 23 heavy (non-hydrogen) atoms.